The molecule has 1 unspecified atom stereocenters. The number of thiol groups is 1. The van der Waals surface area contributed by atoms with Crippen LogP contribution in [0.4, 0.5) is 5.69 Å². The molecule has 18 heavy (non-hydrogen) atoms. The van der Waals surface area contributed by atoms with Gasteiger partial charge in [-0.1, -0.05) is 18.6 Å². The van der Waals surface area contributed by atoms with E-state index in [-0.39, 0.29) is 12.1 Å². The van der Waals surface area contributed by atoms with Gasteiger partial charge in [0.1, 0.15) is 11.4 Å². The third-order valence-electron chi connectivity index (χ3n) is 3.28. The Morgan fingerprint density at radius 2 is 2.06 bits per heavy atom. The summed E-state index contributed by atoms with van der Waals surface area (Å²) >= 11 is 4.33. The van der Waals surface area contributed by atoms with Gasteiger partial charge in [-0.15, -0.1) is 0 Å². The van der Waals surface area contributed by atoms with Crippen molar-refractivity contribution in [3.05, 3.63) is 29.8 Å². The van der Waals surface area contributed by atoms with E-state index in [9.17, 15) is 4.79 Å². The van der Waals surface area contributed by atoms with Crippen molar-refractivity contribution >= 4 is 24.3 Å². The van der Waals surface area contributed by atoms with E-state index in [1.54, 1.807) is 12.1 Å². The molecule has 1 aromatic rings. The van der Waals surface area contributed by atoms with E-state index in [0.717, 1.165) is 31.2 Å². The highest BCUT2D eigenvalue weighted by Gasteiger charge is 2.23. The number of nitrogen functional groups attached to an aromatic ring is 1. The zero-order valence-corrected chi connectivity index (χ0v) is 11.2. The van der Waals surface area contributed by atoms with E-state index >= 15 is 0 Å². The van der Waals surface area contributed by atoms with E-state index < -0.39 is 5.25 Å². The fourth-order valence-electron chi connectivity index (χ4n) is 2.28. The van der Waals surface area contributed by atoms with Crippen LogP contribution < -0.4 is 5.73 Å². The first-order chi connectivity index (χ1) is 8.66. The van der Waals surface area contributed by atoms with Gasteiger partial charge in [-0.25, -0.2) is 0 Å². The van der Waals surface area contributed by atoms with E-state index in [1.807, 2.05) is 12.1 Å². The average Bonchev–Trinajstić information content (AvgIpc) is 2.39. The number of hydrogen-bond acceptors (Lipinski definition) is 4. The summed E-state index contributed by atoms with van der Waals surface area (Å²) in [5, 5.41) is -0.546. The van der Waals surface area contributed by atoms with Crippen LogP contribution in [-0.4, -0.2) is 12.1 Å². The monoisotopic (exact) mass is 265 g/mol. The molecule has 0 amide bonds. The van der Waals surface area contributed by atoms with E-state index in [2.05, 4.69) is 12.6 Å². The quantitative estimate of drug-likeness (QED) is 0.501. The second-order valence-electron chi connectivity index (χ2n) is 4.77. The summed E-state index contributed by atoms with van der Waals surface area (Å²) in [5.74, 6) is -0.268. The maximum atomic E-state index is 12.0. The van der Waals surface area contributed by atoms with Crippen molar-refractivity contribution in [3.8, 4) is 0 Å². The fraction of sp³-hybridized carbons (Fsp3) is 0.500. The van der Waals surface area contributed by atoms with Crippen LogP contribution in [0.25, 0.3) is 0 Å². The molecule has 1 aliphatic rings. The van der Waals surface area contributed by atoms with Crippen LogP contribution in [0.3, 0.4) is 0 Å². The van der Waals surface area contributed by atoms with Crippen molar-refractivity contribution in [2.75, 3.05) is 5.73 Å². The fourth-order valence-corrected chi connectivity index (χ4v) is 2.50. The number of anilines is 1. The van der Waals surface area contributed by atoms with Crippen LogP contribution in [0.1, 0.15) is 42.9 Å². The maximum Gasteiger partial charge on any atom is 0.323 e. The normalized spacial score (nSPS) is 18.3. The molecule has 2 N–H and O–H groups in total. The smallest absolute Gasteiger partial charge is 0.323 e. The molecule has 0 radical (unpaired) electrons. The first-order valence-corrected chi connectivity index (χ1v) is 6.92. The average molecular weight is 265 g/mol. The van der Waals surface area contributed by atoms with E-state index in [1.165, 1.54) is 6.42 Å². The van der Waals surface area contributed by atoms with Crippen molar-refractivity contribution in [1.29, 1.82) is 0 Å². The lowest BCUT2D eigenvalue weighted by atomic mass is 9.98. The Labute approximate surface area is 113 Å². The van der Waals surface area contributed by atoms with Crippen molar-refractivity contribution in [1.82, 2.24) is 0 Å². The minimum absolute atomic E-state index is 0.0713. The summed E-state index contributed by atoms with van der Waals surface area (Å²) in [6.07, 6.45) is 5.56. The van der Waals surface area contributed by atoms with Gasteiger partial charge in [-0.05, 0) is 43.4 Å². The van der Waals surface area contributed by atoms with Gasteiger partial charge in [0, 0.05) is 5.69 Å². The zero-order valence-electron chi connectivity index (χ0n) is 10.3. The number of nitrogens with two attached hydrogens (primary N) is 1. The minimum atomic E-state index is -0.546. The van der Waals surface area contributed by atoms with Crippen molar-refractivity contribution < 1.29 is 9.53 Å². The zero-order chi connectivity index (χ0) is 13.0. The summed E-state index contributed by atoms with van der Waals surface area (Å²) < 4.78 is 5.49. The van der Waals surface area contributed by atoms with Gasteiger partial charge in [0.15, 0.2) is 0 Å². The molecule has 3 nitrogen and oxygen atoms in total. The Morgan fingerprint density at radius 1 is 1.33 bits per heavy atom. The largest absolute Gasteiger partial charge is 0.461 e. The highest BCUT2D eigenvalue weighted by molar-refractivity contribution is 7.81. The van der Waals surface area contributed by atoms with Gasteiger partial charge in [0.25, 0.3) is 0 Å². The lowest BCUT2D eigenvalue weighted by Crippen LogP contribution is -2.23. The molecule has 1 aliphatic carbocycles. The number of benzene rings is 1. The number of rotatable bonds is 3. The molecule has 1 atom stereocenters. The van der Waals surface area contributed by atoms with Crippen LogP contribution in [0, 0.1) is 0 Å². The number of esters is 1. The molecule has 98 valence electrons. The summed E-state index contributed by atoms with van der Waals surface area (Å²) in [4.78, 5) is 12.0. The lowest BCUT2D eigenvalue weighted by molar-refractivity contribution is -0.149. The first kappa shape index (κ1) is 13.3. The Bertz CT molecular complexity index is 416. The predicted molar refractivity (Wildman–Crippen MR) is 75.5 cm³/mol. The van der Waals surface area contributed by atoms with Crippen LogP contribution in [-0.2, 0) is 9.53 Å². The maximum absolute atomic E-state index is 12.0. The third-order valence-corrected chi connectivity index (χ3v) is 3.79. The van der Waals surface area contributed by atoms with Gasteiger partial charge in [-0.3, -0.25) is 4.79 Å². The Hall–Kier alpha value is -1.16. The lowest BCUT2D eigenvalue weighted by Gasteiger charge is -2.23. The highest BCUT2D eigenvalue weighted by Crippen LogP contribution is 2.26. The van der Waals surface area contributed by atoms with Gasteiger partial charge in [0.05, 0.1) is 0 Å². The summed E-state index contributed by atoms with van der Waals surface area (Å²) in [6, 6.07) is 7.22. The first-order valence-electron chi connectivity index (χ1n) is 6.41. The van der Waals surface area contributed by atoms with Gasteiger partial charge >= 0.3 is 5.97 Å². The van der Waals surface area contributed by atoms with Crippen molar-refractivity contribution in [2.24, 2.45) is 0 Å². The Balaban J connectivity index is 1.95. The molecular weight excluding hydrogens is 246 g/mol. The van der Waals surface area contributed by atoms with Crippen LogP contribution >= 0.6 is 12.6 Å². The molecule has 2 rings (SSSR count). The van der Waals surface area contributed by atoms with Gasteiger partial charge in [0.2, 0.25) is 0 Å². The Morgan fingerprint density at radius 3 is 2.72 bits per heavy atom. The standard InChI is InChI=1S/C14H19NO2S/c15-11-6-4-5-10(9-11)13(18)14(16)17-12-7-2-1-3-8-12/h4-6,9,12-13,18H,1-3,7-8,15H2. The number of carbonyl (C=O) groups excluding carboxylic acids is 1. The van der Waals surface area contributed by atoms with Gasteiger partial charge < -0.3 is 10.5 Å². The SMILES string of the molecule is Nc1cccc(C(S)C(=O)OC2CCCCC2)c1. The van der Waals surface area contributed by atoms with Crippen LogP contribution in [0.2, 0.25) is 0 Å². The number of hydrogen-bond donors (Lipinski definition) is 2. The van der Waals surface area contributed by atoms with Crippen molar-refractivity contribution in [2.45, 2.75) is 43.5 Å². The molecule has 0 heterocycles. The van der Waals surface area contributed by atoms with E-state index in [0.29, 0.717) is 5.69 Å². The summed E-state index contributed by atoms with van der Waals surface area (Å²) in [6.45, 7) is 0. The van der Waals surface area contributed by atoms with Crippen molar-refractivity contribution in [3.63, 3.8) is 0 Å². The molecule has 0 saturated heterocycles. The van der Waals surface area contributed by atoms with Gasteiger partial charge in [-0.2, -0.15) is 12.6 Å². The topological polar surface area (TPSA) is 52.3 Å². The second kappa shape index (κ2) is 6.14. The molecule has 1 saturated carbocycles. The number of carbonyl (C=O) groups is 1. The molecule has 0 aliphatic heterocycles. The molecule has 0 spiro atoms. The molecule has 4 heteroatoms. The summed E-state index contributed by atoms with van der Waals surface area (Å²) in [7, 11) is 0. The van der Waals surface area contributed by atoms with Crippen LogP contribution in [0.5, 0.6) is 0 Å². The van der Waals surface area contributed by atoms with E-state index in [4.69, 9.17) is 10.5 Å². The predicted octanol–water partition coefficient (Wildman–Crippen LogP) is 3.12. The molecule has 1 aromatic carbocycles. The Kier molecular flexibility index (Phi) is 4.53. The molecule has 0 aromatic heterocycles. The number of ether oxygens (including phenoxy) is 1. The summed E-state index contributed by atoms with van der Waals surface area (Å²) in [5.41, 5.74) is 7.12. The molecule has 0 bridgehead atoms. The van der Waals surface area contributed by atoms with Crippen LogP contribution in [0.15, 0.2) is 24.3 Å². The molecular formula is C14H19NO2S. The molecule has 1 fully saturated rings. The minimum Gasteiger partial charge on any atom is -0.461 e. The second-order valence-corrected chi connectivity index (χ2v) is 5.29. The highest BCUT2D eigenvalue weighted by atomic mass is 32.1. The third kappa shape index (κ3) is 3.42.